The first-order chi connectivity index (χ1) is 19.9. The number of amides is 1. The van der Waals surface area contributed by atoms with Gasteiger partial charge in [0.15, 0.2) is 0 Å². The zero-order valence-corrected chi connectivity index (χ0v) is 21.5. The Hall–Kier alpha value is -6.14. The van der Waals surface area contributed by atoms with Crippen molar-refractivity contribution >= 4 is 27.7 Å². The van der Waals surface area contributed by atoms with Crippen LogP contribution in [0.5, 0.6) is 23.0 Å². The van der Waals surface area contributed by atoms with Gasteiger partial charge in [-0.25, -0.2) is 0 Å². The molecular weight excluding hydrogens is 520 g/mol. The van der Waals surface area contributed by atoms with Crippen LogP contribution in [0.15, 0.2) is 119 Å². The highest BCUT2D eigenvalue weighted by Gasteiger charge is 2.07. The Morgan fingerprint density at radius 1 is 0.659 bits per heavy atom. The van der Waals surface area contributed by atoms with Crippen LogP contribution in [0.1, 0.15) is 15.9 Å². The molecule has 0 fully saturated rings. The molecule has 0 spiro atoms. The Morgan fingerprint density at radius 2 is 1.10 bits per heavy atom. The van der Waals surface area contributed by atoms with E-state index in [-0.39, 0.29) is 11.1 Å². The first-order valence-electron chi connectivity index (χ1n) is 12.4. The monoisotopic (exact) mass is 542 g/mol. The van der Waals surface area contributed by atoms with Crippen LogP contribution in [0.25, 0.3) is 21.8 Å². The van der Waals surface area contributed by atoms with Gasteiger partial charge in [-0.05, 0) is 72.8 Å². The minimum absolute atomic E-state index is 0.215. The summed E-state index contributed by atoms with van der Waals surface area (Å²) < 4.78 is 11.5. The Labute approximate surface area is 233 Å². The molecule has 0 aliphatic rings. The molecule has 4 N–H and O–H groups in total. The molecule has 9 heteroatoms. The molecule has 0 atom stereocenters. The van der Waals surface area contributed by atoms with Crippen LogP contribution in [-0.2, 0) is 0 Å². The number of aromatic amines is 2. The lowest BCUT2D eigenvalue weighted by atomic mass is 10.2. The Balaban J connectivity index is 0.000000165. The number of para-hydroxylation sites is 2. The number of H-pyrrole nitrogens is 2. The van der Waals surface area contributed by atoms with Crippen LogP contribution in [-0.4, -0.2) is 15.9 Å². The number of aromatic nitrogens is 2. The number of ether oxygens (including phenoxy) is 2. The number of carbonyl (C=O) groups is 1. The summed E-state index contributed by atoms with van der Waals surface area (Å²) in [4.78, 5) is 39.8. The average molecular weight is 543 g/mol. The summed E-state index contributed by atoms with van der Waals surface area (Å²) in [5.74, 6) is 1.56. The van der Waals surface area contributed by atoms with E-state index in [4.69, 9.17) is 20.5 Å². The lowest BCUT2D eigenvalue weighted by Gasteiger charge is -2.08. The van der Waals surface area contributed by atoms with Gasteiger partial charge in [-0.1, -0.05) is 24.3 Å². The highest BCUT2D eigenvalue weighted by atomic mass is 16.5. The minimum Gasteiger partial charge on any atom is -0.456 e. The van der Waals surface area contributed by atoms with Crippen LogP contribution < -0.4 is 26.3 Å². The van der Waals surface area contributed by atoms with E-state index in [0.717, 1.165) is 16.3 Å². The summed E-state index contributed by atoms with van der Waals surface area (Å²) in [7, 11) is 0. The largest absolute Gasteiger partial charge is 0.456 e. The molecule has 41 heavy (non-hydrogen) atoms. The molecule has 0 saturated heterocycles. The van der Waals surface area contributed by atoms with Gasteiger partial charge in [-0.15, -0.1) is 0 Å². The average Bonchev–Trinajstić information content (AvgIpc) is 2.98. The fourth-order valence-electron chi connectivity index (χ4n) is 4.05. The van der Waals surface area contributed by atoms with Crippen LogP contribution in [0.3, 0.4) is 0 Å². The molecule has 2 heterocycles. The van der Waals surface area contributed by atoms with Gasteiger partial charge in [0.2, 0.25) is 5.91 Å². The van der Waals surface area contributed by atoms with E-state index in [1.54, 1.807) is 54.6 Å². The van der Waals surface area contributed by atoms with Crippen LogP contribution in [0.4, 0.5) is 0 Å². The number of primary amides is 1. The van der Waals surface area contributed by atoms with Crippen molar-refractivity contribution < 1.29 is 14.3 Å². The number of fused-ring (bicyclic) bond motifs is 2. The lowest BCUT2D eigenvalue weighted by Crippen LogP contribution is -2.10. The fraction of sp³-hybridized carbons (Fsp3) is 0. The van der Waals surface area contributed by atoms with Gasteiger partial charge in [0, 0.05) is 28.5 Å². The van der Waals surface area contributed by atoms with Crippen LogP contribution in [0.2, 0.25) is 0 Å². The standard InChI is InChI=1S/C16H12N2O3.C16H10N2O2/c17-16(20)10-5-7-11(8-6-10)21-14-9-15(19)18-13-4-2-1-3-12(13)14;17-10-11-5-7-12(8-6-11)20-15-9-16(19)18-14-4-2-1-3-13(14)15/h1-9H,(H2,17,20)(H,18,19);1-9H,(H,18,19). The van der Waals surface area contributed by atoms with Gasteiger partial charge >= 0.3 is 0 Å². The van der Waals surface area contributed by atoms with E-state index in [9.17, 15) is 14.4 Å². The van der Waals surface area contributed by atoms with Gasteiger partial charge in [-0.2, -0.15) is 5.26 Å². The number of pyridine rings is 2. The number of benzene rings is 4. The van der Waals surface area contributed by atoms with Crippen molar-refractivity contribution in [3.8, 4) is 29.1 Å². The molecule has 200 valence electrons. The number of hydrogen-bond acceptors (Lipinski definition) is 6. The molecule has 2 aromatic heterocycles. The molecule has 0 saturated carbocycles. The van der Waals surface area contributed by atoms with Crippen molar-refractivity contribution in [1.29, 1.82) is 5.26 Å². The zero-order chi connectivity index (χ0) is 28.8. The second kappa shape index (κ2) is 11.7. The van der Waals surface area contributed by atoms with Crippen molar-refractivity contribution in [2.75, 3.05) is 0 Å². The number of nitrogens with zero attached hydrogens (tertiary/aromatic N) is 1. The Morgan fingerprint density at radius 3 is 1.54 bits per heavy atom. The molecular formula is C32H22N4O5. The predicted molar refractivity (Wildman–Crippen MR) is 155 cm³/mol. The highest BCUT2D eigenvalue weighted by Crippen LogP contribution is 2.28. The maximum atomic E-state index is 11.6. The summed E-state index contributed by atoms with van der Waals surface area (Å²) in [5, 5.41) is 10.4. The third-order valence-electron chi connectivity index (χ3n) is 6.00. The van der Waals surface area contributed by atoms with E-state index in [2.05, 4.69) is 9.97 Å². The highest BCUT2D eigenvalue weighted by molar-refractivity contribution is 5.93. The molecule has 6 aromatic rings. The lowest BCUT2D eigenvalue weighted by molar-refractivity contribution is 0.100. The fourth-order valence-corrected chi connectivity index (χ4v) is 4.05. The summed E-state index contributed by atoms with van der Waals surface area (Å²) in [6.07, 6.45) is 0. The number of nitrogens with one attached hydrogen (secondary N) is 2. The summed E-state index contributed by atoms with van der Waals surface area (Å²) in [6.45, 7) is 0. The van der Waals surface area contributed by atoms with E-state index >= 15 is 0 Å². The first-order valence-corrected chi connectivity index (χ1v) is 12.4. The minimum atomic E-state index is -0.497. The van der Waals surface area contributed by atoms with Crippen molar-refractivity contribution in [2.45, 2.75) is 0 Å². The van der Waals surface area contributed by atoms with Crippen molar-refractivity contribution in [1.82, 2.24) is 9.97 Å². The van der Waals surface area contributed by atoms with E-state index in [1.165, 1.54) is 12.1 Å². The summed E-state index contributed by atoms with van der Waals surface area (Å²) in [6, 6.07) is 32.8. The summed E-state index contributed by atoms with van der Waals surface area (Å²) >= 11 is 0. The molecule has 1 amide bonds. The zero-order valence-electron chi connectivity index (χ0n) is 21.5. The topological polar surface area (TPSA) is 151 Å². The van der Waals surface area contributed by atoms with E-state index in [1.807, 2.05) is 48.5 Å². The molecule has 4 aromatic carbocycles. The maximum Gasteiger partial charge on any atom is 0.252 e. The first kappa shape index (κ1) is 26.5. The number of carbonyl (C=O) groups excluding carboxylic acids is 1. The number of rotatable bonds is 5. The Bertz CT molecular complexity index is 2020. The Kier molecular flexibility index (Phi) is 7.56. The quantitative estimate of drug-likeness (QED) is 0.258. The predicted octanol–water partition coefficient (Wildman–Crippen LogP) is 5.61. The normalized spacial score (nSPS) is 10.3. The molecule has 6 rings (SSSR count). The molecule has 0 aliphatic carbocycles. The summed E-state index contributed by atoms with van der Waals surface area (Å²) in [5.41, 5.74) is 7.12. The number of nitriles is 1. The van der Waals surface area contributed by atoms with E-state index < -0.39 is 5.91 Å². The second-order valence-corrected chi connectivity index (χ2v) is 8.82. The molecule has 0 bridgehead atoms. The van der Waals surface area contributed by atoms with Crippen molar-refractivity contribution in [3.63, 3.8) is 0 Å². The van der Waals surface area contributed by atoms with Crippen molar-refractivity contribution in [3.05, 3.63) is 141 Å². The SMILES string of the molecule is N#Cc1ccc(Oc2cc(=O)[nH]c3ccccc23)cc1.NC(=O)c1ccc(Oc2cc(=O)[nH]c3ccccc23)cc1. The van der Waals surface area contributed by atoms with Crippen LogP contribution >= 0.6 is 0 Å². The van der Waals surface area contributed by atoms with Gasteiger partial charge in [-0.3, -0.25) is 14.4 Å². The third-order valence-corrected chi connectivity index (χ3v) is 6.00. The second-order valence-electron chi connectivity index (χ2n) is 8.82. The number of nitrogens with two attached hydrogens (primary N) is 1. The van der Waals surface area contributed by atoms with Crippen LogP contribution in [0, 0.1) is 11.3 Å². The van der Waals surface area contributed by atoms with Gasteiger partial charge in [0.05, 0.1) is 22.7 Å². The molecule has 9 nitrogen and oxygen atoms in total. The molecule has 0 radical (unpaired) electrons. The van der Waals surface area contributed by atoms with Gasteiger partial charge < -0.3 is 25.2 Å². The third kappa shape index (κ3) is 6.30. The van der Waals surface area contributed by atoms with Gasteiger partial charge in [0.1, 0.15) is 23.0 Å². The molecule has 0 aliphatic heterocycles. The molecule has 0 unspecified atom stereocenters. The van der Waals surface area contributed by atoms with Crippen molar-refractivity contribution in [2.24, 2.45) is 5.73 Å². The van der Waals surface area contributed by atoms with Gasteiger partial charge in [0.25, 0.3) is 11.1 Å². The smallest absolute Gasteiger partial charge is 0.252 e. The maximum absolute atomic E-state index is 11.6. The van der Waals surface area contributed by atoms with E-state index in [0.29, 0.717) is 39.6 Å². The number of hydrogen-bond donors (Lipinski definition) is 3.